The minimum absolute atomic E-state index is 0.264. The van der Waals surface area contributed by atoms with Gasteiger partial charge in [-0.15, -0.1) is 0 Å². The molecule has 1 N–H and O–H groups in total. The lowest BCUT2D eigenvalue weighted by Crippen LogP contribution is -1.98. The maximum absolute atomic E-state index is 9.68. The Morgan fingerprint density at radius 2 is 2.12 bits per heavy atom. The highest BCUT2D eigenvalue weighted by Crippen LogP contribution is 2.29. The lowest BCUT2D eigenvalue weighted by atomic mass is 10.1. The van der Waals surface area contributed by atoms with Gasteiger partial charge in [0.2, 0.25) is 5.88 Å². The summed E-state index contributed by atoms with van der Waals surface area (Å²) in [7, 11) is 0. The summed E-state index contributed by atoms with van der Waals surface area (Å²) in [6.45, 7) is 2.78. The zero-order valence-electron chi connectivity index (χ0n) is 9.31. The second-order valence-electron chi connectivity index (χ2n) is 3.69. The van der Waals surface area contributed by atoms with Crippen LogP contribution in [0.15, 0.2) is 30.5 Å². The maximum atomic E-state index is 9.68. The SMILES string of the molecule is CCCCOc1nccc2c(O)cccc12. The second kappa shape index (κ2) is 4.84. The van der Waals surface area contributed by atoms with E-state index in [1.807, 2.05) is 6.07 Å². The number of fused-ring (bicyclic) bond motifs is 1. The molecule has 84 valence electrons. The van der Waals surface area contributed by atoms with Gasteiger partial charge in [-0.05, 0) is 24.6 Å². The second-order valence-corrected chi connectivity index (χ2v) is 3.69. The van der Waals surface area contributed by atoms with E-state index in [9.17, 15) is 5.11 Å². The molecule has 0 saturated heterocycles. The van der Waals surface area contributed by atoms with Crippen LogP contribution in [0.1, 0.15) is 19.8 Å². The van der Waals surface area contributed by atoms with Crippen molar-refractivity contribution in [3.05, 3.63) is 30.5 Å². The Balaban J connectivity index is 2.34. The first kappa shape index (κ1) is 10.7. The van der Waals surface area contributed by atoms with Gasteiger partial charge in [-0.25, -0.2) is 4.98 Å². The molecule has 0 radical (unpaired) electrons. The molecule has 3 heteroatoms. The molecule has 1 aromatic heterocycles. The van der Waals surface area contributed by atoms with Crippen molar-refractivity contribution < 1.29 is 9.84 Å². The molecule has 2 rings (SSSR count). The monoisotopic (exact) mass is 217 g/mol. The molecule has 0 spiro atoms. The molecule has 3 nitrogen and oxygen atoms in total. The van der Waals surface area contributed by atoms with Gasteiger partial charge in [-0.1, -0.05) is 19.4 Å². The van der Waals surface area contributed by atoms with E-state index < -0.39 is 0 Å². The Hall–Kier alpha value is -1.77. The van der Waals surface area contributed by atoms with E-state index >= 15 is 0 Å². The predicted molar refractivity (Wildman–Crippen MR) is 63.8 cm³/mol. The number of phenolic OH excluding ortho intramolecular Hbond substituents is 1. The summed E-state index contributed by atoms with van der Waals surface area (Å²) >= 11 is 0. The fourth-order valence-electron chi connectivity index (χ4n) is 1.59. The van der Waals surface area contributed by atoms with Gasteiger partial charge in [0.15, 0.2) is 0 Å². The van der Waals surface area contributed by atoms with Gasteiger partial charge >= 0.3 is 0 Å². The molecule has 0 amide bonds. The van der Waals surface area contributed by atoms with E-state index in [0.717, 1.165) is 23.6 Å². The van der Waals surface area contributed by atoms with Gasteiger partial charge in [0.25, 0.3) is 0 Å². The molecule has 0 fully saturated rings. The summed E-state index contributed by atoms with van der Waals surface area (Å²) < 4.78 is 5.59. The van der Waals surface area contributed by atoms with Crippen LogP contribution in [-0.4, -0.2) is 16.7 Å². The minimum Gasteiger partial charge on any atom is -0.507 e. The average molecular weight is 217 g/mol. The predicted octanol–water partition coefficient (Wildman–Crippen LogP) is 3.12. The zero-order chi connectivity index (χ0) is 11.4. The van der Waals surface area contributed by atoms with E-state index in [1.54, 1.807) is 24.4 Å². The molecule has 1 aromatic carbocycles. The van der Waals surface area contributed by atoms with Crippen LogP contribution in [-0.2, 0) is 0 Å². The van der Waals surface area contributed by atoms with Gasteiger partial charge in [-0.3, -0.25) is 0 Å². The number of phenols is 1. The number of hydrogen-bond acceptors (Lipinski definition) is 3. The van der Waals surface area contributed by atoms with Crippen LogP contribution in [0.2, 0.25) is 0 Å². The number of benzene rings is 1. The van der Waals surface area contributed by atoms with Crippen molar-refractivity contribution >= 4 is 10.8 Å². The van der Waals surface area contributed by atoms with Crippen LogP contribution in [0.5, 0.6) is 11.6 Å². The number of rotatable bonds is 4. The molecule has 16 heavy (non-hydrogen) atoms. The molecule has 2 aromatic rings. The molecule has 1 heterocycles. The molecule has 0 aliphatic carbocycles. The van der Waals surface area contributed by atoms with Gasteiger partial charge in [0.05, 0.1) is 6.61 Å². The lowest BCUT2D eigenvalue weighted by molar-refractivity contribution is 0.301. The largest absolute Gasteiger partial charge is 0.507 e. The molecule has 0 saturated carbocycles. The van der Waals surface area contributed by atoms with E-state index in [1.165, 1.54) is 0 Å². The average Bonchev–Trinajstić information content (AvgIpc) is 2.31. The van der Waals surface area contributed by atoms with Crippen LogP contribution in [0.25, 0.3) is 10.8 Å². The van der Waals surface area contributed by atoms with Gasteiger partial charge in [0.1, 0.15) is 5.75 Å². The molecular formula is C13H15NO2. The summed E-state index contributed by atoms with van der Waals surface area (Å²) in [6, 6.07) is 7.16. The van der Waals surface area contributed by atoms with Gasteiger partial charge in [0, 0.05) is 17.0 Å². The number of unbranched alkanes of at least 4 members (excludes halogenated alkanes) is 1. The quantitative estimate of drug-likeness (QED) is 0.800. The number of aromatic hydroxyl groups is 1. The third-order valence-electron chi connectivity index (χ3n) is 2.48. The van der Waals surface area contributed by atoms with Crippen molar-refractivity contribution in [1.29, 1.82) is 0 Å². The standard InChI is InChI=1S/C13H15NO2/c1-2-3-9-16-13-11-5-4-6-12(15)10(11)7-8-14-13/h4-8,15H,2-3,9H2,1H3. The Kier molecular flexibility index (Phi) is 3.25. The van der Waals surface area contributed by atoms with E-state index in [2.05, 4.69) is 11.9 Å². The molecule has 0 bridgehead atoms. The molecule has 0 atom stereocenters. The van der Waals surface area contributed by atoms with Crippen molar-refractivity contribution in [3.63, 3.8) is 0 Å². The fraction of sp³-hybridized carbons (Fsp3) is 0.308. The smallest absolute Gasteiger partial charge is 0.221 e. The minimum atomic E-state index is 0.264. The number of aromatic nitrogens is 1. The normalized spacial score (nSPS) is 10.6. The van der Waals surface area contributed by atoms with E-state index in [4.69, 9.17) is 4.74 Å². The molecule has 0 aliphatic rings. The van der Waals surface area contributed by atoms with Crippen molar-refractivity contribution in [3.8, 4) is 11.6 Å². The third-order valence-corrected chi connectivity index (χ3v) is 2.48. The van der Waals surface area contributed by atoms with Crippen LogP contribution in [0, 0.1) is 0 Å². The highest BCUT2D eigenvalue weighted by atomic mass is 16.5. The van der Waals surface area contributed by atoms with Crippen LogP contribution < -0.4 is 4.74 Å². The summed E-state index contributed by atoms with van der Waals surface area (Å²) in [5, 5.41) is 11.3. The van der Waals surface area contributed by atoms with E-state index in [0.29, 0.717) is 12.5 Å². The first-order chi connectivity index (χ1) is 7.83. The fourth-order valence-corrected chi connectivity index (χ4v) is 1.59. The topological polar surface area (TPSA) is 42.4 Å². The maximum Gasteiger partial charge on any atom is 0.221 e. The first-order valence-corrected chi connectivity index (χ1v) is 5.52. The van der Waals surface area contributed by atoms with Crippen LogP contribution in [0.4, 0.5) is 0 Å². The summed E-state index contributed by atoms with van der Waals surface area (Å²) in [4.78, 5) is 4.19. The molecule has 0 unspecified atom stereocenters. The highest BCUT2D eigenvalue weighted by molar-refractivity contribution is 5.91. The Morgan fingerprint density at radius 1 is 1.25 bits per heavy atom. The first-order valence-electron chi connectivity index (χ1n) is 5.52. The van der Waals surface area contributed by atoms with E-state index in [-0.39, 0.29) is 5.75 Å². The molecule has 0 aliphatic heterocycles. The van der Waals surface area contributed by atoms with Crippen LogP contribution in [0.3, 0.4) is 0 Å². The van der Waals surface area contributed by atoms with Crippen molar-refractivity contribution in [1.82, 2.24) is 4.98 Å². The molecular weight excluding hydrogens is 202 g/mol. The van der Waals surface area contributed by atoms with Gasteiger partial charge in [-0.2, -0.15) is 0 Å². The Labute approximate surface area is 94.7 Å². The lowest BCUT2D eigenvalue weighted by Gasteiger charge is -2.08. The number of ether oxygens (including phenoxy) is 1. The number of hydrogen-bond donors (Lipinski definition) is 1. The summed E-state index contributed by atoms with van der Waals surface area (Å²) in [6.07, 6.45) is 3.76. The summed E-state index contributed by atoms with van der Waals surface area (Å²) in [5.74, 6) is 0.863. The van der Waals surface area contributed by atoms with Crippen LogP contribution >= 0.6 is 0 Å². The number of pyridine rings is 1. The third kappa shape index (κ3) is 2.08. The summed E-state index contributed by atoms with van der Waals surface area (Å²) in [5.41, 5.74) is 0. The van der Waals surface area contributed by atoms with Gasteiger partial charge < -0.3 is 9.84 Å². The van der Waals surface area contributed by atoms with Crippen molar-refractivity contribution in [2.75, 3.05) is 6.61 Å². The van der Waals surface area contributed by atoms with Crippen molar-refractivity contribution in [2.45, 2.75) is 19.8 Å². The zero-order valence-corrected chi connectivity index (χ0v) is 9.31. The number of nitrogens with zero attached hydrogens (tertiary/aromatic N) is 1. The highest BCUT2D eigenvalue weighted by Gasteiger charge is 2.05. The Morgan fingerprint density at radius 3 is 2.94 bits per heavy atom. The van der Waals surface area contributed by atoms with Crippen molar-refractivity contribution in [2.24, 2.45) is 0 Å². The Bertz CT molecular complexity index is 482.